The second kappa shape index (κ2) is 11.1. The zero-order chi connectivity index (χ0) is 25.7. The molecule has 0 fully saturated rings. The number of nitrogens with two attached hydrogens (primary N) is 1. The first-order valence-corrected chi connectivity index (χ1v) is 12.1. The van der Waals surface area contributed by atoms with Gasteiger partial charge >= 0.3 is 0 Å². The molecule has 1 heterocycles. The van der Waals surface area contributed by atoms with Crippen LogP contribution < -0.4 is 15.2 Å². The number of ether oxygens (including phenoxy) is 2. The summed E-state index contributed by atoms with van der Waals surface area (Å²) < 4.78 is 11.8. The number of benzene rings is 3. The van der Waals surface area contributed by atoms with Crippen LogP contribution in [-0.4, -0.2) is 31.3 Å². The van der Waals surface area contributed by atoms with Crippen molar-refractivity contribution in [3.8, 4) is 28.7 Å². The minimum atomic E-state index is -0.315. The van der Waals surface area contributed by atoms with Gasteiger partial charge in [0.1, 0.15) is 23.7 Å². The number of nitriles is 1. The van der Waals surface area contributed by atoms with E-state index in [-0.39, 0.29) is 18.2 Å². The Bertz CT molecular complexity index is 1280. The highest BCUT2D eigenvalue weighted by Crippen LogP contribution is 2.41. The maximum Gasteiger partial charge on any atom is 0.212 e. The van der Waals surface area contributed by atoms with Crippen LogP contribution in [0.3, 0.4) is 0 Å². The number of aryl methyl sites for hydroxylation is 2. The SMILES string of the molecule is COc1ccc(C)c(CCCC2CC(ON(C)C(=N)N)c3cc(-c4cccc(C#N)c4)ccc3O2)c1. The lowest BCUT2D eigenvalue weighted by atomic mass is 9.92. The summed E-state index contributed by atoms with van der Waals surface area (Å²) in [6, 6.07) is 21.9. The number of nitrogens with zero attached hydrogens (tertiary/aromatic N) is 2. The molecule has 0 bridgehead atoms. The van der Waals surface area contributed by atoms with Gasteiger partial charge in [-0.05, 0) is 84.8 Å². The van der Waals surface area contributed by atoms with Crippen molar-refractivity contribution >= 4 is 5.96 Å². The minimum Gasteiger partial charge on any atom is -0.497 e. The molecule has 0 saturated carbocycles. The van der Waals surface area contributed by atoms with Crippen LogP contribution in [0.2, 0.25) is 0 Å². The first-order chi connectivity index (χ1) is 17.4. The Labute approximate surface area is 212 Å². The van der Waals surface area contributed by atoms with Crippen molar-refractivity contribution in [1.82, 2.24) is 5.06 Å². The van der Waals surface area contributed by atoms with Crippen molar-refractivity contribution in [2.24, 2.45) is 5.73 Å². The van der Waals surface area contributed by atoms with Crippen molar-refractivity contribution in [2.45, 2.75) is 44.8 Å². The van der Waals surface area contributed by atoms with E-state index in [2.05, 4.69) is 25.1 Å². The fourth-order valence-electron chi connectivity index (χ4n) is 4.54. The van der Waals surface area contributed by atoms with Gasteiger partial charge in [0, 0.05) is 19.0 Å². The average Bonchev–Trinajstić information content (AvgIpc) is 2.89. The van der Waals surface area contributed by atoms with Gasteiger partial charge in [0.05, 0.1) is 18.7 Å². The summed E-state index contributed by atoms with van der Waals surface area (Å²) in [4.78, 5) is 6.09. The molecule has 0 aliphatic carbocycles. The van der Waals surface area contributed by atoms with Crippen LogP contribution in [0, 0.1) is 23.7 Å². The predicted molar refractivity (Wildman–Crippen MR) is 140 cm³/mol. The van der Waals surface area contributed by atoms with Gasteiger partial charge in [-0.1, -0.05) is 24.3 Å². The summed E-state index contributed by atoms with van der Waals surface area (Å²) in [6.07, 6.45) is 3.06. The summed E-state index contributed by atoms with van der Waals surface area (Å²) in [5.41, 5.74) is 11.6. The largest absolute Gasteiger partial charge is 0.497 e. The second-order valence-electron chi connectivity index (χ2n) is 9.08. The molecule has 4 rings (SSSR count). The number of rotatable bonds is 8. The van der Waals surface area contributed by atoms with Gasteiger partial charge in [0.2, 0.25) is 5.96 Å². The number of fused-ring (bicyclic) bond motifs is 1. The number of nitrogens with one attached hydrogen (secondary N) is 1. The molecule has 3 aromatic carbocycles. The Balaban J connectivity index is 1.53. The van der Waals surface area contributed by atoms with Crippen LogP contribution >= 0.6 is 0 Å². The molecule has 3 N–H and O–H groups in total. The molecule has 0 radical (unpaired) electrons. The molecule has 2 atom stereocenters. The van der Waals surface area contributed by atoms with Gasteiger partial charge in [-0.2, -0.15) is 5.26 Å². The quantitative estimate of drug-likeness (QED) is 0.248. The molecule has 0 spiro atoms. The zero-order valence-electron chi connectivity index (χ0n) is 21.0. The molecule has 36 heavy (non-hydrogen) atoms. The lowest BCUT2D eigenvalue weighted by Gasteiger charge is -2.34. The monoisotopic (exact) mass is 484 g/mol. The third kappa shape index (κ3) is 5.78. The minimum absolute atomic E-state index is 0.0264. The fraction of sp³-hybridized carbons (Fsp3) is 0.310. The van der Waals surface area contributed by atoms with Crippen molar-refractivity contribution in [2.75, 3.05) is 14.2 Å². The first-order valence-electron chi connectivity index (χ1n) is 12.1. The molecule has 1 aliphatic rings. The highest BCUT2D eigenvalue weighted by Gasteiger charge is 2.31. The van der Waals surface area contributed by atoms with Crippen LogP contribution in [0.15, 0.2) is 60.7 Å². The normalized spacial score (nSPS) is 16.4. The third-order valence-corrected chi connectivity index (χ3v) is 6.61. The van der Waals surface area contributed by atoms with E-state index < -0.39 is 0 Å². The Morgan fingerprint density at radius 1 is 1.17 bits per heavy atom. The number of hydrogen-bond donors (Lipinski definition) is 2. The molecule has 0 saturated heterocycles. The highest BCUT2D eigenvalue weighted by molar-refractivity contribution is 5.73. The van der Waals surface area contributed by atoms with Crippen LogP contribution in [0.25, 0.3) is 11.1 Å². The first kappa shape index (κ1) is 25.1. The van der Waals surface area contributed by atoms with E-state index in [1.807, 2.05) is 42.5 Å². The standard InChI is InChI=1S/C29H32N4O3/c1-19-10-12-24(34-3)15-21(19)7-5-9-25-17-28(36-33(2)29(31)32)26-16-23(11-13-27(26)35-25)22-8-4-6-20(14-22)18-30/h4,6,8,10-16,25,28H,5,7,9,17H2,1-3H3,(H3,31,32). The highest BCUT2D eigenvalue weighted by atomic mass is 16.7. The average molecular weight is 485 g/mol. The van der Waals surface area contributed by atoms with E-state index in [1.165, 1.54) is 16.2 Å². The van der Waals surface area contributed by atoms with E-state index in [0.717, 1.165) is 47.5 Å². The maximum atomic E-state index is 9.27. The molecule has 1 aliphatic heterocycles. The van der Waals surface area contributed by atoms with Gasteiger partial charge in [-0.3, -0.25) is 10.2 Å². The Morgan fingerprint density at radius 3 is 2.72 bits per heavy atom. The maximum absolute atomic E-state index is 9.27. The summed E-state index contributed by atoms with van der Waals surface area (Å²) in [5.74, 6) is 1.48. The smallest absolute Gasteiger partial charge is 0.212 e. The molecule has 7 heteroatoms. The molecule has 3 aromatic rings. The topological polar surface area (TPSA) is 105 Å². The van der Waals surface area contributed by atoms with E-state index in [4.69, 9.17) is 25.5 Å². The Hall–Kier alpha value is -4.02. The van der Waals surface area contributed by atoms with Gasteiger partial charge in [0.15, 0.2) is 0 Å². The van der Waals surface area contributed by atoms with Crippen LogP contribution in [-0.2, 0) is 11.3 Å². The lowest BCUT2D eigenvalue weighted by Crippen LogP contribution is -2.37. The van der Waals surface area contributed by atoms with E-state index in [0.29, 0.717) is 12.0 Å². The van der Waals surface area contributed by atoms with Crippen LogP contribution in [0.4, 0.5) is 0 Å². The molecule has 0 amide bonds. The summed E-state index contributed by atoms with van der Waals surface area (Å²) in [6.45, 7) is 2.12. The second-order valence-corrected chi connectivity index (χ2v) is 9.08. The van der Waals surface area contributed by atoms with Crippen LogP contribution in [0.1, 0.15) is 47.6 Å². The molecule has 2 unspecified atom stereocenters. The van der Waals surface area contributed by atoms with Gasteiger partial charge in [-0.15, -0.1) is 0 Å². The molecular weight excluding hydrogens is 452 g/mol. The zero-order valence-corrected chi connectivity index (χ0v) is 21.0. The number of hydrogen-bond acceptors (Lipinski definition) is 5. The molecule has 186 valence electrons. The third-order valence-electron chi connectivity index (χ3n) is 6.61. The summed E-state index contributed by atoms with van der Waals surface area (Å²) in [7, 11) is 3.32. The van der Waals surface area contributed by atoms with Gasteiger partial charge in [0.25, 0.3) is 0 Å². The van der Waals surface area contributed by atoms with Crippen molar-refractivity contribution in [3.63, 3.8) is 0 Å². The Morgan fingerprint density at radius 2 is 1.97 bits per heavy atom. The number of methoxy groups -OCH3 is 1. The van der Waals surface area contributed by atoms with Gasteiger partial charge < -0.3 is 15.2 Å². The van der Waals surface area contributed by atoms with E-state index in [1.54, 1.807) is 20.2 Å². The van der Waals surface area contributed by atoms with E-state index >= 15 is 0 Å². The summed E-state index contributed by atoms with van der Waals surface area (Å²) in [5, 5.41) is 18.3. The van der Waals surface area contributed by atoms with Crippen molar-refractivity contribution in [3.05, 3.63) is 82.9 Å². The van der Waals surface area contributed by atoms with Crippen LogP contribution in [0.5, 0.6) is 11.5 Å². The predicted octanol–water partition coefficient (Wildman–Crippen LogP) is 5.51. The molecular formula is C29H32N4O3. The fourth-order valence-corrected chi connectivity index (χ4v) is 4.54. The number of hydroxylamine groups is 2. The van der Waals surface area contributed by atoms with E-state index in [9.17, 15) is 5.26 Å². The summed E-state index contributed by atoms with van der Waals surface area (Å²) >= 11 is 0. The van der Waals surface area contributed by atoms with Crippen molar-refractivity contribution < 1.29 is 14.3 Å². The van der Waals surface area contributed by atoms with Gasteiger partial charge in [-0.25, -0.2) is 5.06 Å². The Kier molecular flexibility index (Phi) is 7.77. The molecule has 0 aromatic heterocycles. The number of guanidine groups is 1. The van der Waals surface area contributed by atoms with Crippen molar-refractivity contribution in [1.29, 1.82) is 10.7 Å². The molecule has 7 nitrogen and oxygen atoms in total. The lowest BCUT2D eigenvalue weighted by molar-refractivity contribution is -0.150.